The third kappa shape index (κ3) is 33.8. The molecule has 660 valence electrons. The van der Waals surface area contributed by atoms with Crippen molar-refractivity contribution in [3.63, 3.8) is 0 Å². The van der Waals surface area contributed by atoms with Gasteiger partial charge in [0, 0.05) is 180 Å². The molecule has 0 aliphatic heterocycles. The fraction of sp³-hybridized carbons (Fsp3) is 0.0673. The topological polar surface area (TPSA) is 279 Å². The van der Waals surface area contributed by atoms with E-state index in [-0.39, 0.29) is 156 Å². The Morgan fingerprint density at radius 2 is 0.688 bits per heavy atom. The number of aromatic nitrogens is 10. The molecule has 8 heterocycles. The van der Waals surface area contributed by atoms with Crippen LogP contribution < -0.4 is 5.10 Å². The molecule has 0 fully saturated rings. The molecule has 0 saturated heterocycles. The van der Waals surface area contributed by atoms with Gasteiger partial charge in [-0.3, -0.25) is 43.2 Å². The smallest absolute Gasteiger partial charge is 0.155 e. The van der Waals surface area contributed by atoms with Gasteiger partial charge in [0.05, 0.1) is 51.0 Å². The van der Waals surface area contributed by atoms with E-state index in [2.05, 4.69) is 175 Å². The number of pyridine rings is 7. The van der Waals surface area contributed by atoms with Crippen LogP contribution in [0.25, 0.3) is 134 Å². The molecule has 128 heavy (non-hydrogen) atoms. The molecule has 10 aromatic carbocycles. The first-order valence-electron chi connectivity index (χ1n) is 38.2. The molecule has 0 amide bonds. The van der Waals surface area contributed by atoms with Crippen LogP contribution in [0.4, 0.5) is 0 Å². The van der Waals surface area contributed by atoms with Gasteiger partial charge in [0.25, 0.3) is 0 Å². The number of benzene rings is 10. The third-order valence-corrected chi connectivity index (χ3v) is 17.5. The third-order valence-electron chi connectivity index (χ3n) is 17.5. The van der Waals surface area contributed by atoms with Crippen LogP contribution in [0.15, 0.2) is 364 Å². The number of aryl methyl sites for hydroxylation is 3. The van der Waals surface area contributed by atoms with E-state index in [1.807, 2.05) is 237 Å². The Labute approximate surface area is 827 Å². The fourth-order valence-electron chi connectivity index (χ4n) is 12.1. The van der Waals surface area contributed by atoms with Crippen LogP contribution in [0.2, 0.25) is 0 Å². The number of phenols is 2. The van der Waals surface area contributed by atoms with Crippen LogP contribution in [-0.2, 0) is 140 Å². The summed E-state index contributed by atoms with van der Waals surface area (Å²) in [5.41, 5.74) is 17.6. The Morgan fingerprint density at radius 1 is 0.336 bits per heavy atom. The standard InChI is InChI=1S/C22H16N2O2.2C16H12N.2C15H10N.C8H7N4.2C5H8O2.2CHO.4Ir.Os.Pt/c25-21-13-3-1-7-15(21)17-9-5-11-19(23-17)20-12-6-10-18(24-20)16-8-2-4-14-22(16)26;2*1-12-6-5-9-16-14(12)10-11-15(17-16)13-7-3-2-4-8-13;2*1-2-7-13(8-3-1)15-14-9-5-4-6-12(14)10-11-16-15;1-6-10-8(12-11-6)7-4-2-3-5-9-7;2*1-4(6)3-5(2)7;2*1-2;;;;;;/h1-14,25-26H;2*2-7,9-11H,1H3;2*1-7,9-11H;2-5H,1H3;2*3,6H,1-2H3;2*1H;;;;;;/q;5*-1;;;2*-1;;;;;;. The van der Waals surface area contributed by atoms with Crippen LogP contribution in [0, 0.1) is 45.0 Å². The summed E-state index contributed by atoms with van der Waals surface area (Å²) in [6.07, 6.45) is 7.73. The van der Waals surface area contributed by atoms with Crippen molar-refractivity contribution >= 4 is 68.5 Å². The van der Waals surface area contributed by atoms with Gasteiger partial charge in [-0.15, -0.1) is 144 Å². The first-order valence-corrected chi connectivity index (χ1v) is 38.2. The number of fused-ring (bicyclic) bond motifs is 4. The summed E-state index contributed by atoms with van der Waals surface area (Å²) in [7, 11) is 0. The first kappa shape index (κ1) is 110. The fourth-order valence-corrected chi connectivity index (χ4v) is 12.1. The zero-order valence-electron chi connectivity index (χ0n) is 70.0. The Morgan fingerprint density at radius 3 is 1.03 bits per heavy atom. The number of phenolic OH excluding ortho intramolecular Hbond substituents is 2. The summed E-state index contributed by atoms with van der Waals surface area (Å²) in [6.45, 7) is 18.2. The number of para-hydroxylation sites is 2. The number of aliphatic hydroxyl groups excluding tert-OH is 2. The summed E-state index contributed by atoms with van der Waals surface area (Å²) in [4.78, 5) is 71.3. The molecular formula is C104H85Ir4N10O8OsPt-7. The minimum Gasteiger partial charge on any atom is -0.545 e. The summed E-state index contributed by atoms with van der Waals surface area (Å²) >= 11 is 0. The van der Waals surface area contributed by atoms with Crippen LogP contribution in [-0.4, -0.2) is 90.5 Å². The molecule has 0 unspecified atom stereocenters. The molecule has 8 aromatic heterocycles. The van der Waals surface area contributed by atoms with Crippen molar-refractivity contribution in [2.75, 3.05) is 0 Å². The maximum absolute atomic E-state index is 10.1. The molecule has 0 saturated carbocycles. The Kier molecular flexibility index (Phi) is 50.6. The van der Waals surface area contributed by atoms with E-state index in [0.29, 0.717) is 45.6 Å². The second kappa shape index (κ2) is 58.9. The number of nitrogens with zero attached hydrogens (tertiary/aromatic N) is 10. The van der Waals surface area contributed by atoms with Gasteiger partial charge >= 0.3 is 0 Å². The maximum atomic E-state index is 10.1. The SMILES string of the molecule is CC(=O)C=C(C)O.CC(=O)C=C(C)O.Cc1cccc2nc(-c3[c-]cccc3)ccc12.Cc1cccc2nc(-c3[c-]cccc3)ccc12.Cc1n[n-]c(-c2ccccn2)n1.Oc1ccccc1-c1cccc(-c2cccc(-c3ccccc3O)n2)n1.[CH-]=O.[CH-]=O.[Ir].[Ir].[Ir].[Ir].[Os].[Pt].[c-]1ccccc1-c1nccc2ccccc12.[c-]1ccccc1-c1nccc2ccccc12. The zero-order chi connectivity index (χ0) is 87.0. The Bertz CT molecular complexity index is 6110. The van der Waals surface area contributed by atoms with Crippen molar-refractivity contribution in [2.24, 2.45) is 0 Å². The Hall–Kier alpha value is -12.3. The van der Waals surface area contributed by atoms with Gasteiger partial charge in [-0.05, 0) is 195 Å². The first-order chi connectivity index (χ1) is 59.4. The average molecular weight is 2760 g/mol. The van der Waals surface area contributed by atoms with E-state index in [1.165, 1.54) is 83.3 Å². The van der Waals surface area contributed by atoms with E-state index in [0.717, 1.165) is 61.8 Å². The van der Waals surface area contributed by atoms with Crippen LogP contribution in [0.3, 0.4) is 0 Å². The van der Waals surface area contributed by atoms with E-state index < -0.39 is 0 Å². The molecule has 24 heteroatoms. The molecule has 0 aliphatic carbocycles. The van der Waals surface area contributed by atoms with Crippen LogP contribution in [0.5, 0.6) is 11.5 Å². The number of rotatable bonds is 10. The van der Waals surface area contributed by atoms with Gasteiger partial charge in [-0.2, -0.15) is 0 Å². The summed E-state index contributed by atoms with van der Waals surface area (Å²) in [5.74, 6) is 1.52. The molecule has 4 N–H and O–H groups in total. The van der Waals surface area contributed by atoms with Crippen molar-refractivity contribution in [1.82, 2.24) is 50.1 Å². The van der Waals surface area contributed by atoms with Gasteiger partial charge in [-0.25, -0.2) is 9.97 Å². The summed E-state index contributed by atoms with van der Waals surface area (Å²) in [6, 6.07) is 117. The second-order valence-corrected chi connectivity index (χ2v) is 26.6. The number of hydrogen-bond donors (Lipinski definition) is 4. The largest absolute Gasteiger partial charge is 0.545 e. The predicted octanol–water partition coefficient (Wildman–Crippen LogP) is 22.6. The number of aliphatic hydroxyl groups is 2. The number of carbonyl (C=O) groups is 2. The number of hydrogen-bond acceptors (Lipinski definition) is 17. The molecule has 0 spiro atoms. The van der Waals surface area contributed by atoms with Crippen molar-refractivity contribution in [3.05, 3.63) is 405 Å². The monoisotopic (exact) mass is 2760 g/mol. The minimum atomic E-state index is -0.125. The van der Waals surface area contributed by atoms with Crippen molar-refractivity contribution in [1.29, 1.82) is 0 Å². The van der Waals surface area contributed by atoms with Crippen molar-refractivity contribution in [3.8, 4) is 102 Å². The molecule has 0 bridgehead atoms. The number of aromatic hydroxyl groups is 2. The van der Waals surface area contributed by atoms with Gasteiger partial charge in [0.1, 0.15) is 11.5 Å². The molecule has 0 atom stereocenters. The van der Waals surface area contributed by atoms with E-state index >= 15 is 0 Å². The summed E-state index contributed by atoms with van der Waals surface area (Å²) in [5, 5.41) is 51.7. The predicted molar refractivity (Wildman–Crippen MR) is 486 cm³/mol. The molecule has 4 radical (unpaired) electrons. The van der Waals surface area contributed by atoms with E-state index in [4.69, 9.17) is 19.8 Å². The molecular weight excluding hydrogens is 2670 g/mol. The Balaban J connectivity index is 0.000000382. The van der Waals surface area contributed by atoms with Gasteiger partial charge in [0.15, 0.2) is 11.6 Å². The molecule has 18 rings (SSSR count). The normalized spacial score (nSPS) is 9.87. The van der Waals surface area contributed by atoms with Gasteiger partial charge in [-0.1, -0.05) is 140 Å². The van der Waals surface area contributed by atoms with Crippen LogP contribution >= 0.6 is 0 Å². The second-order valence-electron chi connectivity index (χ2n) is 26.6. The quantitative estimate of drug-likeness (QED) is 0.0428. The number of ketones is 2. The van der Waals surface area contributed by atoms with E-state index in [9.17, 15) is 19.8 Å². The van der Waals surface area contributed by atoms with Crippen molar-refractivity contribution < 1.29 is 161 Å². The summed E-state index contributed by atoms with van der Waals surface area (Å²) < 4.78 is 0. The zero-order valence-corrected chi connectivity index (χ0v) is 84.4. The van der Waals surface area contributed by atoms with Gasteiger partial charge < -0.3 is 50.1 Å². The maximum Gasteiger partial charge on any atom is 0.155 e. The molecule has 18 aromatic rings. The minimum absolute atomic E-state index is 0. The van der Waals surface area contributed by atoms with E-state index in [1.54, 1.807) is 37.4 Å². The van der Waals surface area contributed by atoms with Crippen LogP contribution in [0.1, 0.15) is 44.6 Å². The number of allylic oxidation sites excluding steroid dienone is 4. The molecule has 0 aliphatic rings. The van der Waals surface area contributed by atoms with Crippen molar-refractivity contribution in [2.45, 2.75) is 48.5 Å². The average Bonchev–Trinajstić information content (AvgIpc) is 1.60. The van der Waals surface area contributed by atoms with Gasteiger partial charge in [0.2, 0.25) is 0 Å². The molecule has 18 nitrogen and oxygen atoms in total. The number of carbonyl (C=O) groups excluding carboxylic acids is 4.